The normalized spacial score (nSPS) is 21.7. The number of hydrogen-bond acceptors (Lipinski definition) is 6. The molecular formula is C16H22N4O3. The first-order valence-corrected chi connectivity index (χ1v) is 7.68. The molecular weight excluding hydrogens is 296 g/mol. The molecule has 1 aliphatic heterocycles. The SMILES string of the molecule is C[C@@H]1CN(CCN(C)c2cc(C#N)ccc2[N+](=O)[O-])C[C@H](C)O1. The molecule has 7 nitrogen and oxygen atoms in total. The van der Waals surface area contributed by atoms with Gasteiger partial charge in [0, 0.05) is 39.3 Å². The summed E-state index contributed by atoms with van der Waals surface area (Å²) < 4.78 is 5.71. The second-order valence-electron chi connectivity index (χ2n) is 6.01. The van der Waals surface area contributed by atoms with E-state index in [9.17, 15) is 10.1 Å². The average Bonchev–Trinajstić information content (AvgIpc) is 2.51. The summed E-state index contributed by atoms with van der Waals surface area (Å²) in [6.45, 7) is 7.26. The number of nitro benzene ring substituents is 1. The summed E-state index contributed by atoms with van der Waals surface area (Å²) in [5.74, 6) is 0. The van der Waals surface area contributed by atoms with E-state index >= 15 is 0 Å². The van der Waals surface area contributed by atoms with Crippen molar-refractivity contribution in [2.45, 2.75) is 26.1 Å². The van der Waals surface area contributed by atoms with E-state index in [2.05, 4.69) is 4.90 Å². The smallest absolute Gasteiger partial charge is 0.292 e. The number of benzene rings is 1. The van der Waals surface area contributed by atoms with Crippen LogP contribution in [0.5, 0.6) is 0 Å². The molecule has 1 aliphatic rings. The fourth-order valence-corrected chi connectivity index (χ4v) is 2.93. The Labute approximate surface area is 136 Å². The maximum absolute atomic E-state index is 11.2. The fraction of sp³-hybridized carbons (Fsp3) is 0.562. The molecule has 124 valence electrons. The molecule has 7 heteroatoms. The number of anilines is 1. The lowest BCUT2D eigenvalue weighted by atomic mass is 10.1. The lowest BCUT2D eigenvalue weighted by Crippen LogP contribution is -2.47. The van der Waals surface area contributed by atoms with E-state index in [4.69, 9.17) is 10.00 Å². The van der Waals surface area contributed by atoms with Gasteiger partial charge >= 0.3 is 0 Å². The zero-order valence-electron chi connectivity index (χ0n) is 13.7. The molecule has 0 bridgehead atoms. The van der Waals surface area contributed by atoms with E-state index in [1.54, 1.807) is 6.07 Å². The van der Waals surface area contributed by atoms with Crippen LogP contribution in [0.4, 0.5) is 11.4 Å². The number of nitro groups is 1. The van der Waals surface area contributed by atoms with E-state index in [0.717, 1.165) is 19.6 Å². The number of nitriles is 1. The van der Waals surface area contributed by atoms with Gasteiger partial charge in [-0.15, -0.1) is 0 Å². The number of rotatable bonds is 5. The predicted octanol–water partition coefficient (Wildman–Crippen LogP) is 2.01. The van der Waals surface area contributed by atoms with Crippen molar-refractivity contribution in [3.8, 4) is 6.07 Å². The highest BCUT2D eigenvalue weighted by Gasteiger charge is 2.23. The molecule has 0 aromatic heterocycles. The van der Waals surface area contributed by atoms with Gasteiger partial charge in [0.2, 0.25) is 0 Å². The summed E-state index contributed by atoms with van der Waals surface area (Å²) >= 11 is 0. The summed E-state index contributed by atoms with van der Waals surface area (Å²) in [5.41, 5.74) is 0.921. The van der Waals surface area contributed by atoms with Crippen molar-refractivity contribution >= 4 is 11.4 Å². The van der Waals surface area contributed by atoms with Gasteiger partial charge in [0.05, 0.1) is 28.8 Å². The number of hydrogen-bond donors (Lipinski definition) is 0. The van der Waals surface area contributed by atoms with E-state index in [0.29, 0.717) is 17.8 Å². The van der Waals surface area contributed by atoms with Crippen molar-refractivity contribution in [3.05, 3.63) is 33.9 Å². The van der Waals surface area contributed by atoms with Crippen LogP contribution in [0.15, 0.2) is 18.2 Å². The Balaban J connectivity index is 2.07. The van der Waals surface area contributed by atoms with Gasteiger partial charge in [-0.3, -0.25) is 15.0 Å². The van der Waals surface area contributed by atoms with Gasteiger partial charge in [-0.25, -0.2) is 0 Å². The van der Waals surface area contributed by atoms with Crippen molar-refractivity contribution in [3.63, 3.8) is 0 Å². The highest BCUT2D eigenvalue weighted by Crippen LogP contribution is 2.28. The third kappa shape index (κ3) is 4.41. The number of morpholine rings is 1. The van der Waals surface area contributed by atoms with Crippen molar-refractivity contribution in [2.24, 2.45) is 0 Å². The molecule has 2 atom stereocenters. The highest BCUT2D eigenvalue weighted by molar-refractivity contribution is 5.65. The third-order valence-corrected chi connectivity index (χ3v) is 3.96. The summed E-state index contributed by atoms with van der Waals surface area (Å²) in [5, 5.41) is 20.2. The number of nitrogens with zero attached hydrogens (tertiary/aromatic N) is 4. The molecule has 0 saturated carbocycles. The van der Waals surface area contributed by atoms with Crippen LogP contribution in [0, 0.1) is 21.4 Å². The first-order valence-electron chi connectivity index (χ1n) is 7.68. The average molecular weight is 318 g/mol. The molecule has 0 N–H and O–H groups in total. The zero-order chi connectivity index (χ0) is 17.0. The van der Waals surface area contributed by atoms with Crippen LogP contribution in [-0.2, 0) is 4.74 Å². The molecule has 0 aliphatic carbocycles. The minimum absolute atomic E-state index is 0.0233. The Morgan fingerprint density at radius 3 is 2.65 bits per heavy atom. The van der Waals surface area contributed by atoms with Gasteiger partial charge in [-0.2, -0.15) is 5.26 Å². The predicted molar refractivity (Wildman–Crippen MR) is 87.5 cm³/mol. The van der Waals surface area contributed by atoms with Crippen LogP contribution in [0.1, 0.15) is 19.4 Å². The Hall–Kier alpha value is -2.17. The maximum Gasteiger partial charge on any atom is 0.292 e. The third-order valence-electron chi connectivity index (χ3n) is 3.96. The first kappa shape index (κ1) is 17.2. The summed E-state index contributed by atoms with van der Waals surface area (Å²) in [6, 6.07) is 6.47. The maximum atomic E-state index is 11.2. The molecule has 2 rings (SSSR count). The van der Waals surface area contributed by atoms with Crippen LogP contribution in [0.3, 0.4) is 0 Å². The lowest BCUT2D eigenvalue weighted by molar-refractivity contribution is -0.384. The molecule has 1 aromatic carbocycles. The quantitative estimate of drug-likeness (QED) is 0.610. The Bertz CT molecular complexity index is 604. The first-order chi connectivity index (χ1) is 10.9. The van der Waals surface area contributed by atoms with E-state index in [1.807, 2.05) is 31.9 Å². The highest BCUT2D eigenvalue weighted by atomic mass is 16.6. The van der Waals surface area contributed by atoms with Crippen LogP contribution < -0.4 is 4.90 Å². The summed E-state index contributed by atoms with van der Waals surface area (Å²) in [4.78, 5) is 14.9. The summed E-state index contributed by atoms with van der Waals surface area (Å²) in [6.07, 6.45) is 0.389. The van der Waals surface area contributed by atoms with Gasteiger partial charge in [0.1, 0.15) is 5.69 Å². The molecule has 23 heavy (non-hydrogen) atoms. The standard InChI is InChI=1S/C16H22N4O3/c1-12-10-19(11-13(2)23-12)7-6-18(3)16-8-14(9-17)4-5-15(16)20(21)22/h4-5,8,12-13H,6-7,10-11H2,1-3H3/t12-,13+. The molecule has 1 aromatic rings. The number of ether oxygens (including phenoxy) is 1. The molecule has 0 unspecified atom stereocenters. The zero-order valence-corrected chi connectivity index (χ0v) is 13.7. The fourth-order valence-electron chi connectivity index (χ4n) is 2.93. The number of likely N-dealkylation sites (N-methyl/N-ethyl adjacent to an activating group) is 1. The Kier molecular flexibility index (Phi) is 5.53. The van der Waals surface area contributed by atoms with Crippen molar-refractivity contribution in [1.82, 2.24) is 4.90 Å². The van der Waals surface area contributed by atoms with Crippen molar-refractivity contribution < 1.29 is 9.66 Å². The lowest BCUT2D eigenvalue weighted by Gasteiger charge is -2.36. The molecule has 1 saturated heterocycles. The van der Waals surface area contributed by atoms with Crippen LogP contribution >= 0.6 is 0 Å². The second kappa shape index (κ2) is 7.40. The molecule has 0 radical (unpaired) electrons. The minimum atomic E-state index is -0.411. The van der Waals surface area contributed by atoms with Gasteiger partial charge in [0.25, 0.3) is 5.69 Å². The van der Waals surface area contributed by atoms with Gasteiger partial charge in [-0.05, 0) is 26.0 Å². The van der Waals surface area contributed by atoms with E-state index < -0.39 is 4.92 Å². The van der Waals surface area contributed by atoms with Crippen LogP contribution in [0.2, 0.25) is 0 Å². The van der Waals surface area contributed by atoms with Gasteiger partial charge < -0.3 is 9.64 Å². The van der Waals surface area contributed by atoms with Gasteiger partial charge in [0.15, 0.2) is 0 Å². The minimum Gasteiger partial charge on any atom is -0.373 e. The molecule has 0 spiro atoms. The van der Waals surface area contributed by atoms with Crippen LogP contribution in [-0.4, -0.2) is 55.3 Å². The van der Waals surface area contributed by atoms with Crippen molar-refractivity contribution in [1.29, 1.82) is 5.26 Å². The summed E-state index contributed by atoms with van der Waals surface area (Å²) in [7, 11) is 1.82. The molecule has 0 amide bonds. The Morgan fingerprint density at radius 1 is 1.43 bits per heavy atom. The molecule has 1 heterocycles. The second-order valence-corrected chi connectivity index (χ2v) is 6.01. The largest absolute Gasteiger partial charge is 0.373 e. The molecule has 1 fully saturated rings. The van der Waals surface area contributed by atoms with E-state index in [1.165, 1.54) is 12.1 Å². The topological polar surface area (TPSA) is 82.6 Å². The van der Waals surface area contributed by atoms with Crippen molar-refractivity contribution in [2.75, 3.05) is 38.1 Å². The van der Waals surface area contributed by atoms with E-state index in [-0.39, 0.29) is 17.9 Å². The monoisotopic (exact) mass is 318 g/mol. The Morgan fingerprint density at radius 2 is 2.09 bits per heavy atom. The van der Waals surface area contributed by atoms with Gasteiger partial charge in [-0.1, -0.05) is 0 Å². The van der Waals surface area contributed by atoms with Crippen LogP contribution in [0.25, 0.3) is 0 Å².